The minimum Gasteiger partial charge on any atom is -0.416 e. The van der Waals surface area contributed by atoms with E-state index in [0.29, 0.717) is 26.1 Å². The predicted octanol–water partition coefficient (Wildman–Crippen LogP) is 4.92. The Morgan fingerprint density at radius 3 is 1.46 bits per heavy atom. The molecule has 1 aliphatic carbocycles. The van der Waals surface area contributed by atoms with Gasteiger partial charge in [0.1, 0.15) is 0 Å². The van der Waals surface area contributed by atoms with Crippen molar-refractivity contribution in [3.63, 3.8) is 0 Å². The first kappa shape index (κ1) is 24.3. The fraction of sp³-hybridized carbons (Fsp3) is 1.00. The van der Waals surface area contributed by atoms with Crippen LogP contribution in [0.5, 0.6) is 0 Å². The Kier molecular flexibility index (Phi) is 6.79. The molecule has 0 radical (unpaired) electrons. The van der Waals surface area contributed by atoms with Crippen molar-refractivity contribution in [2.24, 2.45) is 5.41 Å². The summed E-state index contributed by atoms with van der Waals surface area (Å²) in [6, 6.07) is 0. The molecule has 2 atom stereocenters. The first-order chi connectivity index (χ1) is 11.2. The van der Waals surface area contributed by atoms with Gasteiger partial charge in [-0.1, -0.05) is 41.5 Å². The number of rotatable bonds is 6. The van der Waals surface area contributed by atoms with Crippen molar-refractivity contribution in [1.29, 1.82) is 0 Å². The molecule has 1 rings (SSSR count). The lowest BCUT2D eigenvalue weighted by molar-refractivity contribution is -0.0407. The molecule has 1 saturated carbocycles. The van der Waals surface area contributed by atoms with Crippen LogP contribution in [0.2, 0.25) is 36.3 Å². The molecule has 0 amide bonds. The van der Waals surface area contributed by atoms with Gasteiger partial charge in [0.25, 0.3) is 0 Å². The summed E-state index contributed by atoms with van der Waals surface area (Å²) in [5.74, 6) is 0. The molecular formula is C20H44O4Si2. The topological polar surface area (TPSA) is 58.9 Å². The van der Waals surface area contributed by atoms with Crippen molar-refractivity contribution in [3.8, 4) is 0 Å². The van der Waals surface area contributed by atoms with Crippen LogP contribution in [-0.2, 0) is 8.85 Å². The molecule has 0 spiro atoms. The molecule has 0 saturated heterocycles. The van der Waals surface area contributed by atoms with Crippen molar-refractivity contribution in [3.05, 3.63) is 0 Å². The van der Waals surface area contributed by atoms with Gasteiger partial charge in [0, 0.05) is 18.6 Å². The first-order valence-corrected chi connectivity index (χ1v) is 15.7. The molecule has 156 valence electrons. The number of hydrogen-bond acceptors (Lipinski definition) is 4. The second-order valence-corrected chi connectivity index (χ2v) is 21.5. The maximum absolute atomic E-state index is 10.6. The van der Waals surface area contributed by atoms with Gasteiger partial charge in [0.2, 0.25) is 0 Å². The molecular weight excluding hydrogens is 360 g/mol. The highest BCUT2D eigenvalue weighted by molar-refractivity contribution is 6.74. The van der Waals surface area contributed by atoms with E-state index in [-0.39, 0.29) is 15.5 Å². The van der Waals surface area contributed by atoms with Crippen molar-refractivity contribution in [2.75, 3.05) is 13.2 Å². The Morgan fingerprint density at radius 1 is 0.885 bits per heavy atom. The third kappa shape index (κ3) is 5.42. The third-order valence-corrected chi connectivity index (χ3v) is 16.1. The Morgan fingerprint density at radius 2 is 1.23 bits per heavy atom. The van der Waals surface area contributed by atoms with Crippen molar-refractivity contribution < 1.29 is 19.1 Å². The first-order valence-electron chi connectivity index (χ1n) is 9.93. The molecule has 2 N–H and O–H groups in total. The largest absolute Gasteiger partial charge is 0.416 e. The standard InChI is InChI=1S/C20H44O4Si2/c1-17(2,3)25(8,9)23-14-20(12-16(21)19(7,22)13-20)15-24-26(10,11)18(4,5)6/h16,21-22H,12-15H2,1-11H3/t16-,19+/m0/s1. The van der Waals surface area contributed by atoms with Crippen LogP contribution in [0.1, 0.15) is 61.3 Å². The summed E-state index contributed by atoms with van der Waals surface area (Å²) in [6.45, 7) is 25.2. The zero-order valence-corrected chi connectivity index (χ0v) is 21.1. The van der Waals surface area contributed by atoms with Gasteiger partial charge in [0.05, 0.1) is 11.7 Å². The molecule has 1 fully saturated rings. The van der Waals surface area contributed by atoms with E-state index in [9.17, 15) is 10.2 Å². The maximum Gasteiger partial charge on any atom is 0.192 e. The molecule has 26 heavy (non-hydrogen) atoms. The lowest BCUT2D eigenvalue weighted by Crippen LogP contribution is -2.48. The monoisotopic (exact) mass is 404 g/mol. The van der Waals surface area contributed by atoms with E-state index in [0.717, 1.165) is 0 Å². The normalized spacial score (nSPS) is 27.8. The third-order valence-electron chi connectivity index (χ3n) is 7.17. The highest BCUT2D eigenvalue weighted by atomic mass is 28.4. The van der Waals surface area contributed by atoms with E-state index in [4.69, 9.17) is 8.85 Å². The van der Waals surface area contributed by atoms with Crippen LogP contribution >= 0.6 is 0 Å². The molecule has 0 aromatic rings. The molecule has 0 aromatic heterocycles. The van der Waals surface area contributed by atoms with Gasteiger partial charge in [-0.25, -0.2) is 0 Å². The van der Waals surface area contributed by atoms with E-state index < -0.39 is 28.3 Å². The Labute approximate surface area is 163 Å². The minimum atomic E-state index is -1.91. The molecule has 0 aliphatic heterocycles. The maximum atomic E-state index is 10.6. The van der Waals surface area contributed by atoms with E-state index in [1.807, 2.05) is 0 Å². The lowest BCUT2D eigenvalue weighted by atomic mass is 9.87. The predicted molar refractivity (Wildman–Crippen MR) is 115 cm³/mol. The van der Waals surface area contributed by atoms with Crippen LogP contribution in [0.25, 0.3) is 0 Å². The zero-order chi connectivity index (χ0) is 20.8. The average molecular weight is 405 g/mol. The average Bonchev–Trinajstić information content (AvgIpc) is 2.63. The van der Waals surface area contributed by atoms with E-state index >= 15 is 0 Å². The second-order valence-electron chi connectivity index (χ2n) is 11.9. The summed E-state index contributed by atoms with van der Waals surface area (Å²) in [4.78, 5) is 0. The molecule has 4 nitrogen and oxygen atoms in total. The van der Waals surface area contributed by atoms with Gasteiger partial charge in [-0.2, -0.15) is 0 Å². The Balaban J connectivity index is 3.00. The van der Waals surface area contributed by atoms with Gasteiger partial charge in [-0.15, -0.1) is 0 Å². The van der Waals surface area contributed by atoms with Crippen LogP contribution < -0.4 is 0 Å². The van der Waals surface area contributed by atoms with Gasteiger partial charge < -0.3 is 19.1 Å². The summed E-state index contributed by atoms with van der Waals surface area (Å²) in [6.07, 6.45) is 0.321. The zero-order valence-electron chi connectivity index (χ0n) is 19.1. The van der Waals surface area contributed by atoms with Crippen LogP contribution in [0.15, 0.2) is 0 Å². The lowest BCUT2D eigenvalue weighted by Gasteiger charge is -2.43. The highest BCUT2D eigenvalue weighted by Gasteiger charge is 2.53. The van der Waals surface area contributed by atoms with Crippen LogP contribution in [-0.4, -0.2) is 51.8 Å². The molecule has 0 heterocycles. The summed E-state index contributed by atoms with van der Waals surface area (Å²) in [5, 5.41) is 21.3. The molecule has 1 aliphatic rings. The summed E-state index contributed by atoms with van der Waals surface area (Å²) in [5.41, 5.74) is -1.40. The van der Waals surface area contributed by atoms with E-state index in [1.165, 1.54) is 0 Å². The van der Waals surface area contributed by atoms with Crippen molar-refractivity contribution >= 4 is 16.6 Å². The van der Waals surface area contributed by atoms with Gasteiger partial charge in [-0.3, -0.25) is 0 Å². The van der Waals surface area contributed by atoms with E-state index in [2.05, 4.69) is 67.7 Å². The SMILES string of the molecule is CC(C)(C)[Si](C)(C)OCC1(CO[Si](C)(C)C(C)(C)C)C[C@H](O)[C@](C)(O)C1. The van der Waals surface area contributed by atoms with Crippen molar-refractivity contribution in [2.45, 2.75) is 109 Å². The molecule has 0 aromatic carbocycles. The number of aliphatic hydroxyl groups excluding tert-OH is 1. The highest BCUT2D eigenvalue weighted by Crippen LogP contribution is 2.48. The van der Waals surface area contributed by atoms with Gasteiger partial charge in [-0.05, 0) is 56.0 Å². The fourth-order valence-electron chi connectivity index (χ4n) is 2.94. The van der Waals surface area contributed by atoms with Crippen LogP contribution in [0.4, 0.5) is 0 Å². The number of aliphatic hydroxyl groups is 2. The Bertz CT molecular complexity index is 457. The van der Waals surface area contributed by atoms with Crippen LogP contribution in [0, 0.1) is 5.41 Å². The second kappa shape index (κ2) is 7.27. The van der Waals surface area contributed by atoms with Crippen LogP contribution in [0.3, 0.4) is 0 Å². The summed E-state index contributed by atoms with van der Waals surface area (Å²) >= 11 is 0. The summed E-state index contributed by atoms with van der Waals surface area (Å²) < 4.78 is 13.1. The van der Waals surface area contributed by atoms with Gasteiger partial charge >= 0.3 is 0 Å². The minimum absolute atomic E-state index is 0.133. The van der Waals surface area contributed by atoms with Crippen molar-refractivity contribution in [1.82, 2.24) is 0 Å². The molecule has 0 bridgehead atoms. The molecule has 6 heteroatoms. The quantitative estimate of drug-likeness (QED) is 0.617. The van der Waals surface area contributed by atoms with Gasteiger partial charge in [0.15, 0.2) is 16.6 Å². The number of hydrogen-bond donors (Lipinski definition) is 2. The summed E-state index contributed by atoms with van der Waals surface area (Å²) in [7, 11) is -3.81. The molecule has 0 unspecified atom stereocenters. The Hall–Kier alpha value is 0.274. The smallest absolute Gasteiger partial charge is 0.192 e. The van der Waals surface area contributed by atoms with E-state index in [1.54, 1.807) is 6.92 Å². The fourth-order valence-corrected chi connectivity index (χ4v) is 5.14.